The molecule has 1 atom stereocenters. The molecule has 0 spiro atoms. The molecule has 1 unspecified atom stereocenters. The van der Waals surface area contributed by atoms with Gasteiger partial charge in [0.2, 0.25) is 5.88 Å². The molecule has 0 radical (unpaired) electrons. The van der Waals surface area contributed by atoms with Crippen LogP contribution in [0, 0.1) is 0 Å². The second kappa shape index (κ2) is 7.59. The number of rotatable bonds is 7. The van der Waals surface area contributed by atoms with Crippen LogP contribution in [0.4, 0.5) is 0 Å². The summed E-state index contributed by atoms with van der Waals surface area (Å²) in [5, 5.41) is 3.47. The normalized spacial score (nSPS) is 12.0. The van der Waals surface area contributed by atoms with Crippen molar-refractivity contribution >= 4 is 0 Å². The van der Waals surface area contributed by atoms with E-state index in [2.05, 4.69) is 22.2 Å². The molecular weight excluding hydrogens is 266 g/mol. The monoisotopic (exact) mass is 287 g/mol. The lowest BCUT2D eigenvalue weighted by Gasteiger charge is -2.18. The van der Waals surface area contributed by atoms with Crippen LogP contribution in [0.15, 0.2) is 36.8 Å². The molecule has 0 aliphatic heterocycles. The summed E-state index contributed by atoms with van der Waals surface area (Å²) in [5.41, 5.74) is 2.25. The molecule has 0 saturated heterocycles. The van der Waals surface area contributed by atoms with Gasteiger partial charge < -0.3 is 14.8 Å². The number of aromatic nitrogens is 2. The van der Waals surface area contributed by atoms with E-state index in [0.29, 0.717) is 5.88 Å². The minimum atomic E-state index is 0.174. The average Bonchev–Trinajstić information content (AvgIpc) is 2.55. The molecule has 1 N–H and O–H groups in total. The lowest BCUT2D eigenvalue weighted by molar-refractivity contribution is 0.397. The molecule has 2 aromatic rings. The molecule has 112 valence electrons. The van der Waals surface area contributed by atoms with E-state index in [-0.39, 0.29) is 6.04 Å². The Hall–Kier alpha value is -2.14. The molecule has 0 saturated carbocycles. The van der Waals surface area contributed by atoms with Gasteiger partial charge in [0, 0.05) is 24.5 Å². The minimum absolute atomic E-state index is 0.174. The molecule has 0 aliphatic carbocycles. The molecule has 2 rings (SSSR count). The number of hydrogen-bond donors (Lipinski definition) is 1. The summed E-state index contributed by atoms with van der Waals surface area (Å²) >= 11 is 0. The Morgan fingerprint density at radius 2 is 2.00 bits per heavy atom. The van der Waals surface area contributed by atoms with Crippen LogP contribution < -0.4 is 14.8 Å². The standard InChI is InChI=1S/C16H21N3O2/c1-4-18-15(13-8-14(20-2)11-17-10-13)7-12-5-6-16(21-3)19-9-12/h5-6,8-11,15,18H,4,7H2,1-3H3. The summed E-state index contributed by atoms with van der Waals surface area (Å²) in [6.45, 7) is 2.97. The maximum absolute atomic E-state index is 5.24. The number of nitrogens with one attached hydrogen (secondary N) is 1. The first kappa shape index (κ1) is 15.3. The molecule has 2 aromatic heterocycles. The molecule has 0 amide bonds. The van der Waals surface area contributed by atoms with Gasteiger partial charge in [-0.3, -0.25) is 4.98 Å². The van der Waals surface area contributed by atoms with Crippen LogP contribution in [0.3, 0.4) is 0 Å². The van der Waals surface area contributed by atoms with E-state index in [1.54, 1.807) is 20.4 Å². The van der Waals surface area contributed by atoms with Gasteiger partial charge >= 0.3 is 0 Å². The minimum Gasteiger partial charge on any atom is -0.495 e. The number of hydrogen-bond acceptors (Lipinski definition) is 5. The Kier molecular flexibility index (Phi) is 5.51. The lowest BCUT2D eigenvalue weighted by Crippen LogP contribution is -2.23. The number of ether oxygens (including phenoxy) is 2. The van der Waals surface area contributed by atoms with E-state index < -0.39 is 0 Å². The molecule has 5 heteroatoms. The number of pyridine rings is 2. The van der Waals surface area contributed by atoms with Crippen LogP contribution in [0.1, 0.15) is 24.1 Å². The quantitative estimate of drug-likeness (QED) is 0.847. The lowest BCUT2D eigenvalue weighted by atomic mass is 10.0. The molecule has 2 heterocycles. The van der Waals surface area contributed by atoms with Crippen molar-refractivity contribution in [3.63, 3.8) is 0 Å². The highest BCUT2D eigenvalue weighted by atomic mass is 16.5. The SMILES string of the molecule is CCNC(Cc1ccc(OC)nc1)c1cncc(OC)c1. The zero-order valence-electron chi connectivity index (χ0n) is 12.7. The summed E-state index contributed by atoms with van der Waals surface area (Å²) in [6, 6.07) is 6.09. The van der Waals surface area contributed by atoms with Gasteiger partial charge in [-0.2, -0.15) is 0 Å². The Labute approximate surface area is 125 Å². The van der Waals surface area contributed by atoms with Gasteiger partial charge in [0.15, 0.2) is 0 Å². The van der Waals surface area contributed by atoms with Gasteiger partial charge in [0.05, 0.1) is 20.4 Å². The van der Waals surface area contributed by atoms with Crippen molar-refractivity contribution in [3.8, 4) is 11.6 Å². The first-order valence-corrected chi connectivity index (χ1v) is 6.98. The smallest absolute Gasteiger partial charge is 0.212 e. The van der Waals surface area contributed by atoms with Crippen molar-refractivity contribution in [1.82, 2.24) is 15.3 Å². The Morgan fingerprint density at radius 1 is 1.14 bits per heavy atom. The Balaban J connectivity index is 2.17. The zero-order chi connectivity index (χ0) is 15.1. The second-order valence-electron chi connectivity index (χ2n) is 4.68. The molecule has 0 bridgehead atoms. The Bertz CT molecular complexity index is 558. The summed E-state index contributed by atoms with van der Waals surface area (Å²) in [6.07, 6.45) is 6.25. The maximum atomic E-state index is 5.24. The van der Waals surface area contributed by atoms with Gasteiger partial charge in [0.1, 0.15) is 5.75 Å². The van der Waals surface area contributed by atoms with E-state index in [1.807, 2.05) is 30.6 Å². The van der Waals surface area contributed by atoms with Crippen molar-refractivity contribution in [2.24, 2.45) is 0 Å². The second-order valence-corrected chi connectivity index (χ2v) is 4.68. The van der Waals surface area contributed by atoms with E-state index in [9.17, 15) is 0 Å². The van der Waals surface area contributed by atoms with Crippen LogP contribution >= 0.6 is 0 Å². The third-order valence-corrected chi connectivity index (χ3v) is 3.27. The summed E-state index contributed by atoms with van der Waals surface area (Å²) < 4.78 is 10.3. The largest absolute Gasteiger partial charge is 0.495 e. The third kappa shape index (κ3) is 4.16. The van der Waals surface area contributed by atoms with Gasteiger partial charge in [0.25, 0.3) is 0 Å². The number of nitrogens with zero attached hydrogens (tertiary/aromatic N) is 2. The number of likely N-dealkylation sites (N-methyl/N-ethyl adjacent to an activating group) is 1. The number of methoxy groups -OCH3 is 2. The highest BCUT2D eigenvalue weighted by Gasteiger charge is 2.13. The molecule has 21 heavy (non-hydrogen) atoms. The Morgan fingerprint density at radius 3 is 2.62 bits per heavy atom. The van der Waals surface area contributed by atoms with Crippen LogP contribution in [0.2, 0.25) is 0 Å². The fourth-order valence-electron chi connectivity index (χ4n) is 2.18. The highest BCUT2D eigenvalue weighted by Crippen LogP contribution is 2.21. The first-order chi connectivity index (χ1) is 10.3. The van der Waals surface area contributed by atoms with Crippen molar-refractivity contribution in [2.45, 2.75) is 19.4 Å². The van der Waals surface area contributed by atoms with E-state index in [4.69, 9.17) is 9.47 Å². The molecule has 0 fully saturated rings. The van der Waals surface area contributed by atoms with Gasteiger partial charge in [-0.1, -0.05) is 13.0 Å². The van der Waals surface area contributed by atoms with Crippen molar-refractivity contribution in [1.29, 1.82) is 0 Å². The van der Waals surface area contributed by atoms with Crippen molar-refractivity contribution in [2.75, 3.05) is 20.8 Å². The van der Waals surface area contributed by atoms with Crippen molar-refractivity contribution < 1.29 is 9.47 Å². The summed E-state index contributed by atoms with van der Waals surface area (Å²) in [7, 11) is 3.27. The summed E-state index contributed by atoms with van der Waals surface area (Å²) in [4.78, 5) is 8.47. The fraction of sp³-hybridized carbons (Fsp3) is 0.375. The van der Waals surface area contributed by atoms with Crippen LogP contribution in [-0.4, -0.2) is 30.7 Å². The zero-order valence-corrected chi connectivity index (χ0v) is 12.7. The molecule has 0 aromatic carbocycles. The summed E-state index contributed by atoms with van der Waals surface area (Å²) in [5.74, 6) is 1.39. The van der Waals surface area contributed by atoms with Crippen LogP contribution in [-0.2, 0) is 6.42 Å². The third-order valence-electron chi connectivity index (χ3n) is 3.27. The molecular formula is C16H21N3O2. The maximum Gasteiger partial charge on any atom is 0.212 e. The van der Waals surface area contributed by atoms with Gasteiger partial charge in [-0.25, -0.2) is 4.98 Å². The fourth-order valence-corrected chi connectivity index (χ4v) is 2.18. The van der Waals surface area contributed by atoms with Gasteiger partial charge in [-0.15, -0.1) is 0 Å². The average molecular weight is 287 g/mol. The predicted octanol–water partition coefficient (Wildman–Crippen LogP) is 2.39. The van der Waals surface area contributed by atoms with Crippen molar-refractivity contribution in [3.05, 3.63) is 47.9 Å². The van der Waals surface area contributed by atoms with E-state index >= 15 is 0 Å². The van der Waals surface area contributed by atoms with Gasteiger partial charge in [-0.05, 0) is 30.2 Å². The molecule has 0 aliphatic rings. The predicted molar refractivity (Wildman–Crippen MR) is 81.7 cm³/mol. The topological polar surface area (TPSA) is 56.3 Å². The first-order valence-electron chi connectivity index (χ1n) is 6.98. The molecule has 5 nitrogen and oxygen atoms in total. The highest BCUT2D eigenvalue weighted by molar-refractivity contribution is 5.28. The van der Waals surface area contributed by atoms with E-state index in [0.717, 1.165) is 29.8 Å². The van der Waals surface area contributed by atoms with Crippen LogP contribution in [0.5, 0.6) is 11.6 Å². The van der Waals surface area contributed by atoms with Crippen LogP contribution in [0.25, 0.3) is 0 Å². The van der Waals surface area contributed by atoms with E-state index in [1.165, 1.54) is 0 Å².